The smallest absolute Gasteiger partial charge is 0.324 e. The van der Waals surface area contributed by atoms with E-state index < -0.39 is 17.6 Å². The molecule has 0 aliphatic carbocycles. The second kappa shape index (κ2) is 8.71. The van der Waals surface area contributed by atoms with Crippen LogP contribution in [0.25, 0.3) is 10.2 Å². The van der Waals surface area contributed by atoms with Crippen molar-refractivity contribution < 1.29 is 18.0 Å². The average molecular weight is 434 g/mol. The van der Waals surface area contributed by atoms with E-state index in [1.54, 1.807) is 11.3 Å². The number of carbonyl (C=O) groups excluding carboxylic acids is 1. The molecule has 0 atom stereocenters. The lowest BCUT2D eigenvalue weighted by atomic mass is 10.1. The summed E-state index contributed by atoms with van der Waals surface area (Å²) >= 11 is 1.68. The number of anilines is 1. The number of rotatable bonds is 5. The van der Waals surface area contributed by atoms with Gasteiger partial charge in [-0.1, -0.05) is 24.3 Å². The third-order valence-corrected chi connectivity index (χ3v) is 6.06. The minimum absolute atomic E-state index is 0.0706. The Morgan fingerprint density at radius 1 is 1.00 bits per heavy atom. The number of fused-ring (bicyclic) bond motifs is 1. The molecule has 1 fully saturated rings. The Labute approximate surface area is 176 Å². The largest absolute Gasteiger partial charge is 0.418 e. The van der Waals surface area contributed by atoms with Crippen LogP contribution in [0.3, 0.4) is 0 Å². The molecule has 9 heteroatoms. The van der Waals surface area contributed by atoms with E-state index in [9.17, 15) is 18.0 Å². The van der Waals surface area contributed by atoms with Crippen LogP contribution < -0.4 is 5.32 Å². The number of carbonyl (C=O) groups is 1. The summed E-state index contributed by atoms with van der Waals surface area (Å²) in [6, 6.07) is 13.1. The average Bonchev–Trinajstić information content (AvgIpc) is 3.11. The van der Waals surface area contributed by atoms with Crippen LogP contribution in [0, 0.1) is 0 Å². The predicted octanol–water partition coefficient (Wildman–Crippen LogP) is 4.07. The van der Waals surface area contributed by atoms with Crippen LogP contribution in [0.15, 0.2) is 48.5 Å². The van der Waals surface area contributed by atoms with Gasteiger partial charge in [0.25, 0.3) is 0 Å². The van der Waals surface area contributed by atoms with Gasteiger partial charge in [-0.2, -0.15) is 13.2 Å². The van der Waals surface area contributed by atoms with Gasteiger partial charge in [0.2, 0.25) is 5.91 Å². The standard InChI is InChI=1S/C21H21F3N4OS/c22-21(23,24)15-5-1-2-6-16(15)25-19(29)13-27-9-11-28(12-10-27)14-20-26-17-7-3-4-8-18(17)30-20/h1-8H,9-14H2,(H,25,29). The van der Waals surface area contributed by atoms with Crippen molar-refractivity contribution in [2.45, 2.75) is 12.7 Å². The van der Waals surface area contributed by atoms with Crippen molar-refractivity contribution in [3.05, 3.63) is 59.1 Å². The molecule has 158 valence electrons. The van der Waals surface area contributed by atoms with Crippen LogP contribution >= 0.6 is 11.3 Å². The number of nitrogens with zero attached hydrogens (tertiary/aromatic N) is 3. The topological polar surface area (TPSA) is 48.5 Å². The van der Waals surface area contributed by atoms with E-state index in [-0.39, 0.29) is 12.2 Å². The summed E-state index contributed by atoms with van der Waals surface area (Å²) in [6.07, 6.45) is -4.50. The van der Waals surface area contributed by atoms with E-state index >= 15 is 0 Å². The lowest BCUT2D eigenvalue weighted by molar-refractivity contribution is -0.137. The fourth-order valence-corrected chi connectivity index (χ4v) is 4.53. The first kappa shape index (κ1) is 20.8. The number of nitrogens with one attached hydrogen (secondary N) is 1. The van der Waals surface area contributed by atoms with Crippen molar-refractivity contribution in [2.75, 3.05) is 38.0 Å². The molecule has 1 N–H and O–H groups in total. The van der Waals surface area contributed by atoms with Gasteiger partial charge in [0.1, 0.15) is 5.01 Å². The Morgan fingerprint density at radius 2 is 1.67 bits per heavy atom. The van der Waals surface area contributed by atoms with E-state index in [0.29, 0.717) is 13.1 Å². The summed E-state index contributed by atoms with van der Waals surface area (Å²) < 4.78 is 40.4. The Balaban J connectivity index is 1.28. The second-order valence-electron chi connectivity index (χ2n) is 7.22. The van der Waals surface area contributed by atoms with Crippen LogP contribution in [0.5, 0.6) is 0 Å². The lowest BCUT2D eigenvalue weighted by Crippen LogP contribution is -2.48. The van der Waals surface area contributed by atoms with Crippen molar-refractivity contribution in [1.29, 1.82) is 0 Å². The zero-order valence-electron chi connectivity index (χ0n) is 16.2. The highest BCUT2D eigenvalue weighted by molar-refractivity contribution is 7.18. The Bertz CT molecular complexity index is 995. The number of halogens is 3. The van der Waals surface area contributed by atoms with E-state index in [0.717, 1.165) is 36.2 Å². The number of amides is 1. The molecule has 0 spiro atoms. The van der Waals surface area contributed by atoms with Gasteiger partial charge in [-0.15, -0.1) is 11.3 Å². The van der Waals surface area contributed by atoms with Gasteiger partial charge in [-0.05, 0) is 24.3 Å². The highest BCUT2D eigenvalue weighted by atomic mass is 32.1. The van der Waals surface area contributed by atoms with Crippen LogP contribution in [0.1, 0.15) is 10.6 Å². The third kappa shape index (κ3) is 4.97. The van der Waals surface area contributed by atoms with Crippen LogP contribution in [-0.2, 0) is 17.5 Å². The van der Waals surface area contributed by atoms with Crippen molar-refractivity contribution in [1.82, 2.24) is 14.8 Å². The number of alkyl halides is 3. The van der Waals surface area contributed by atoms with Gasteiger partial charge >= 0.3 is 6.18 Å². The molecule has 3 aromatic rings. The normalized spacial score (nSPS) is 16.1. The van der Waals surface area contributed by atoms with Crippen LogP contribution in [0.4, 0.5) is 18.9 Å². The number of aromatic nitrogens is 1. The molecule has 1 aromatic heterocycles. The number of hydrogen-bond acceptors (Lipinski definition) is 5. The molecule has 1 amide bonds. The second-order valence-corrected chi connectivity index (χ2v) is 8.33. The van der Waals surface area contributed by atoms with Gasteiger partial charge in [-0.25, -0.2) is 4.98 Å². The number of thiazole rings is 1. The van der Waals surface area contributed by atoms with Crippen molar-refractivity contribution >= 4 is 33.1 Å². The van der Waals surface area contributed by atoms with E-state index in [1.165, 1.54) is 22.9 Å². The van der Waals surface area contributed by atoms with E-state index in [1.807, 2.05) is 23.1 Å². The first-order valence-electron chi connectivity index (χ1n) is 9.64. The molecule has 1 aliphatic rings. The molecule has 1 aliphatic heterocycles. The molecular formula is C21H21F3N4OS. The molecule has 0 bridgehead atoms. The summed E-state index contributed by atoms with van der Waals surface area (Å²) in [5, 5.41) is 3.47. The van der Waals surface area contributed by atoms with Gasteiger partial charge in [-0.3, -0.25) is 14.6 Å². The SMILES string of the molecule is O=C(CN1CCN(Cc2nc3ccccc3s2)CC1)Nc1ccccc1C(F)(F)F. The fraction of sp³-hybridized carbons (Fsp3) is 0.333. The molecule has 2 heterocycles. The van der Waals surface area contributed by atoms with Gasteiger partial charge in [0.05, 0.1) is 34.6 Å². The molecule has 4 rings (SSSR count). The minimum atomic E-state index is -4.50. The minimum Gasteiger partial charge on any atom is -0.324 e. The number of para-hydroxylation sites is 2. The summed E-state index contributed by atoms with van der Waals surface area (Å²) in [5.74, 6) is -0.439. The molecule has 30 heavy (non-hydrogen) atoms. The molecular weight excluding hydrogens is 413 g/mol. The molecule has 0 radical (unpaired) electrons. The zero-order valence-corrected chi connectivity index (χ0v) is 17.0. The van der Waals surface area contributed by atoms with Crippen LogP contribution in [0.2, 0.25) is 0 Å². The quantitative estimate of drug-likeness (QED) is 0.658. The summed E-state index contributed by atoms with van der Waals surface area (Å²) in [6.45, 7) is 3.75. The molecule has 0 unspecified atom stereocenters. The summed E-state index contributed by atoms with van der Waals surface area (Å²) in [5.41, 5.74) is -0.0320. The Hall–Kier alpha value is -2.49. The number of hydrogen-bond donors (Lipinski definition) is 1. The predicted molar refractivity (Wildman–Crippen MR) is 111 cm³/mol. The van der Waals surface area contributed by atoms with Crippen molar-refractivity contribution in [2.24, 2.45) is 0 Å². The first-order valence-corrected chi connectivity index (χ1v) is 10.5. The summed E-state index contributed by atoms with van der Waals surface area (Å²) in [7, 11) is 0. The fourth-order valence-electron chi connectivity index (χ4n) is 3.52. The van der Waals surface area contributed by atoms with Crippen molar-refractivity contribution in [3.8, 4) is 0 Å². The monoisotopic (exact) mass is 434 g/mol. The highest BCUT2D eigenvalue weighted by Crippen LogP contribution is 2.34. The van der Waals surface area contributed by atoms with E-state index in [4.69, 9.17) is 0 Å². The number of piperazine rings is 1. The van der Waals surface area contributed by atoms with Gasteiger partial charge in [0, 0.05) is 26.2 Å². The molecule has 5 nitrogen and oxygen atoms in total. The Kier molecular flexibility index (Phi) is 6.03. The van der Waals surface area contributed by atoms with Gasteiger partial charge < -0.3 is 5.32 Å². The van der Waals surface area contributed by atoms with Crippen LogP contribution in [-0.4, -0.2) is 53.4 Å². The van der Waals surface area contributed by atoms with Gasteiger partial charge in [0.15, 0.2) is 0 Å². The number of benzene rings is 2. The third-order valence-electron chi connectivity index (χ3n) is 5.04. The molecule has 1 saturated heterocycles. The molecule has 2 aromatic carbocycles. The summed E-state index contributed by atoms with van der Waals surface area (Å²) in [4.78, 5) is 21.2. The molecule has 0 saturated carbocycles. The maximum absolute atomic E-state index is 13.1. The highest BCUT2D eigenvalue weighted by Gasteiger charge is 2.33. The van der Waals surface area contributed by atoms with Crippen molar-refractivity contribution in [3.63, 3.8) is 0 Å². The lowest BCUT2D eigenvalue weighted by Gasteiger charge is -2.33. The Morgan fingerprint density at radius 3 is 2.40 bits per heavy atom. The van der Waals surface area contributed by atoms with E-state index in [2.05, 4.69) is 21.3 Å². The zero-order chi connectivity index (χ0) is 21.1. The maximum Gasteiger partial charge on any atom is 0.418 e. The first-order chi connectivity index (χ1) is 14.4. The maximum atomic E-state index is 13.1.